The van der Waals surface area contributed by atoms with Crippen LogP contribution in [0.5, 0.6) is 0 Å². The van der Waals surface area contributed by atoms with Gasteiger partial charge in [0.1, 0.15) is 18.3 Å². The Labute approximate surface area is 133 Å². The van der Waals surface area contributed by atoms with Crippen LogP contribution < -0.4 is 10.9 Å². The molecule has 1 saturated heterocycles. The summed E-state index contributed by atoms with van der Waals surface area (Å²) in [6.07, 6.45) is -6.44. The number of aromatic nitrogens is 4. The number of nitrogens with one attached hydrogen (secondary N) is 1. The van der Waals surface area contributed by atoms with Crippen molar-refractivity contribution in [3.05, 3.63) is 16.7 Å². The van der Waals surface area contributed by atoms with Gasteiger partial charge in [-0.25, -0.2) is 9.55 Å². The van der Waals surface area contributed by atoms with Crippen LogP contribution in [0, 0.1) is 0 Å². The van der Waals surface area contributed by atoms with E-state index in [4.69, 9.17) is 9.84 Å². The third-order valence-corrected chi connectivity index (χ3v) is 4.24. The van der Waals surface area contributed by atoms with Crippen LogP contribution in [0.15, 0.2) is 11.1 Å². The molecule has 2 aliphatic rings. The lowest BCUT2D eigenvalue weighted by Crippen LogP contribution is -2.33. The highest BCUT2D eigenvalue weighted by molar-refractivity contribution is 5.71. The van der Waals surface area contributed by atoms with Crippen molar-refractivity contribution in [2.45, 2.75) is 37.0 Å². The second-order valence-corrected chi connectivity index (χ2v) is 5.67. The maximum Gasteiger partial charge on any atom is 0.285 e. The highest BCUT2D eigenvalue weighted by atomic mass is 16.6. The van der Waals surface area contributed by atoms with Gasteiger partial charge in [0, 0.05) is 0 Å². The molecule has 0 radical (unpaired) electrons. The number of anilines is 1. The fraction of sp³-hybridized carbons (Fsp3) is 0.583. The molecule has 3 unspecified atom stereocenters. The molecule has 130 valence electrons. The van der Waals surface area contributed by atoms with E-state index < -0.39 is 49.2 Å². The number of hydrogen-bond acceptors (Lipinski definition) is 10. The van der Waals surface area contributed by atoms with E-state index in [0.29, 0.717) is 0 Å². The maximum atomic E-state index is 12.4. The van der Waals surface area contributed by atoms with Crippen LogP contribution in [0.4, 0.5) is 5.95 Å². The van der Waals surface area contributed by atoms with Gasteiger partial charge in [-0.05, 0) is 0 Å². The van der Waals surface area contributed by atoms with Gasteiger partial charge in [-0.2, -0.15) is 4.98 Å². The molecule has 2 aromatic heterocycles. The first-order chi connectivity index (χ1) is 11.4. The van der Waals surface area contributed by atoms with Crippen LogP contribution >= 0.6 is 0 Å². The molecule has 4 heterocycles. The Kier molecular flexibility index (Phi) is 3.35. The van der Waals surface area contributed by atoms with Crippen molar-refractivity contribution in [1.29, 1.82) is 0 Å². The summed E-state index contributed by atoms with van der Waals surface area (Å²) in [5.41, 5.74) is -0.752. The fourth-order valence-corrected chi connectivity index (χ4v) is 2.97. The SMILES string of the molecule is O=c1c2ncn([C@@H]3O[C@H](CO)C(O)[C@@H]3O)c2nc2n1C(O)C(O)N2. The lowest BCUT2D eigenvalue weighted by molar-refractivity contribution is -0.0511. The zero-order valence-electron chi connectivity index (χ0n) is 12.1. The summed E-state index contributed by atoms with van der Waals surface area (Å²) < 4.78 is 7.51. The van der Waals surface area contributed by atoms with E-state index >= 15 is 0 Å². The first-order valence-corrected chi connectivity index (χ1v) is 7.18. The van der Waals surface area contributed by atoms with Crippen LogP contribution in [-0.2, 0) is 4.74 Å². The van der Waals surface area contributed by atoms with Crippen molar-refractivity contribution in [2.75, 3.05) is 11.9 Å². The van der Waals surface area contributed by atoms with Gasteiger partial charge in [-0.3, -0.25) is 9.36 Å². The molecule has 6 N–H and O–H groups in total. The van der Waals surface area contributed by atoms with E-state index in [9.17, 15) is 25.2 Å². The average Bonchev–Trinajstić information content (AvgIpc) is 3.18. The predicted octanol–water partition coefficient (Wildman–Crippen LogP) is -3.56. The summed E-state index contributed by atoms with van der Waals surface area (Å²) in [7, 11) is 0. The van der Waals surface area contributed by atoms with Gasteiger partial charge in [0.25, 0.3) is 5.56 Å². The molecule has 0 aliphatic carbocycles. The summed E-state index contributed by atoms with van der Waals surface area (Å²) in [5.74, 6) is -0.0685. The second kappa shape index (κ2) is 5.20. The average molecular weight is 341 g/mol. The summed E-state index contributed by atoms with van der Waals surface area (Å²) in [6.45, 7) is -0.493. The Morgan fingerprint density at radius 3 is 2.67 bits per heavy atom. The maximum absolute atomic E-state index is 12.4. The van der Waals surface area contributed by atoms with Gasteiger partial charge < -0.3 is 35.6 Å². The van der Waals surface area contributed by atoms with Crippen LogP contribution in [0.25, 0.3) is 11.2 Å². The Morgan fingerprint density at radius 1 is 1.25 bits per heavy atom. The minimum absolute atomic E-state index is 0.0369. The van der Waals surface area contributed by atoms with Crippen LogP contribution in [0.3, 0.4) is 0 Å². The number of aliphatic hydroxyl groups excluding tert-OH is 5. The summed E-state index contributed by atoms with van der Waals surface area (Å²) in [5, 5.41) is 50.9. The van der Waals surface area contributed by atoms with Crippen LogP contribution in [0.2, 0.25) is 0 Å². The van der Waals surface area contributed by atoms with Crippen LogP contribution in [-0.4, -0.2) is 75.8 Å². The minimum Gasteiger partial charge on any atom is -0.394 e. The minimum atomic E-state index is -1.50. The second-order valence-electron chi connectivity index (χ2n) is 5.67. The highest BCUT2D eigenvalue weighted by Crippen LogP contribution is 2.31. The van der Waals surface area contributed by atoms with Crippen LogP contribution in [0.1, 0.15) is 12.5 Å². The molecule has 0 aromatic carbocycles. The van der Waals surface area contributed by atoms with E-state index in [1.807, 2.05) is 0 Å². The van der Waals surface area contributed by atoms with Crippen molar-refractivity contribution >= 4 is 17.1 Å². The molecule has 2 aromatic rings. The molecule has 1 fully saturated rings. The summed E-state index contributed by atoms with van der Waals surface area (Å²) >= 11 is 0. The van der Waals surface area contributed by atoms with Gasteiger partial charge in [-0.15, -0.1) is 0 Å². The lowest BCUT2D eigenvalue weighted by Gasteiger charge is -2.16. The van der Waals surface area contributed by atoms with E-state index in [1.54, 1.807) is 0 Å². The van der Waals surface area contributed by atoms with Crippen molar-refractivity contribution in [2.24, 2.45) is 0 Å². The summed E-state index contributed by atoms with van der Waals surface area (Å²) in [4.78, 5) is 20.5. The lowest BCUT2D eigenvalue weighted by atomic mass is 10.1. The number of aliphatic hydroxyl groups is 5. The zero-order valence-corrected chi connectivity index (χ0v) is 12.1. The standard InChI is InChI=1S/C12H15N5O7/c18-1-3-5(19)6(20)11(24-3)16-2-13-4-7(16)14-12-15-8(21)10(23)17(12)9(4)22/h2-3,5-6,8,10-11,18-21,23H,1H2,(H,14,15)/t3-,5?,6+,8?,10?,11-/m1/s1. The highest BCUT2D eigenvalue weighted by Gasteiger charge is 2.44. The van der Waals surface area contributed by atoms with Crippen molar-refractivity contribution in [1.82, 2.24) is 19.1 Å². The van der Waals surface area contributed by atoms with Gasteiger partial charge in [-0.1, -0.05) is 0 Å². The van der Waals surface area contributed by atoms with Gasteiger partial charge in [0.15, 0.2) is 29.8 Å². The Morgan fingerprint density at radius 2 is 2.00 bits per heavy atom. The topological polar surface area (TPSA) is 175 Å². The molecule has 0 amide bonds. The van der Waals surface area contributed by atoms with Crippen molar-refractivity contribution < 1.29 is 30.3 Å². The number of hydrogen-bond donors (Lipinski definition) is 6. The van der Waals surface area contributed by atoms with E-state index in [-0.39, 0.29) is 17.1 Å². The van der Waals surface area contributed by atoms with E-state index in [1.165, 1.54) is 10.9 Å². The first-order valence-electron chi connectivity index (χ1n) is 7.18. The fourth-order valence-electron chi connectivity index (χ4n) is 2.97. The Balaban J connectivity index is 1.84. The molecular weight excluding hydrogens is 326 g/mol. The van der Waals surface area contributed by atoms with Gasteiger partial charge in [0.05, 0.1) is 12.9 Å². The predicted molar refractivity (Wildman–Crippen MR) is 75.7 cm³/mol. The molecule has 12 nitrogen and oxygen atoms in total. The molecule has 2 aliphatic heterocycles. The van der Waals surface area contributed by atoms with Crippen molar-refractivity contribution in [3.63, 3.8) is 0 Å². The normalized spacial score (nSPS) is 35.4. The third kappa shape index (κ3) is 1.92. The molecule has 24 heavy (non-hydrogen) atoms. The zero-order chi connectivity index (χ0) is 17.2. The smallest absolute Gasteiger partial charge is 0.285 e. The van der Waals surface area contributed by atoms with E-state index in [2.05, 4.69) is 15.3 Å². The number of imidazole rings is 1. The monoisotopic (exact) mass is 341 g/mol. The number of nitrogens with zero attached hydrogens (tertiary/aromatic N) is 4. The first kappa shape index (κ1) is 15.4. The van der Waals surface area contributed by atoms with E-state index in [0.717, 1.165) is 4.57 Å². The van der Waals surface area contributed by atoms with Gasteiger partial charge in [0.2, 0.25) is 5.95 Å². The molecule has 0 saturated carbocycles. The molecular formula is C12H15N5O7. The summed E-state index contributed by atoms with van der Waals surface area (Å²) in [6, 6.07) is 0. The molecule has 4 rings (SSSR count). The van der Waals surface area contributed by atoms with Gasteiger partial charge >= 0.3 is 0 Å². The number of fused-ring (bicyclic) bond motifs is 2. The molecule has 6 atom stereocenters. The molecule has 12 heteroatoms. The quantitative estimate of drug-likeness (QED) is 0.320. The third-order valence-electron chi connectivity index (χ3n) is 4.24. The molecule has 0 spiro atoms. The largest absolute Gasteiger partial charge is 0.394 e. The number of ether oxygens (including phenoxy) is 1. The Bertz CT molecular complexity index is 850. The number of rotatable bonds is 2. The Hall–Kier alpha value is -2.09. The van der Waals surface area contributed by atoms with Crippen molar-refractivity contribution in [3.8, 4) is 0 Å². The molecule has 0 bridgehead atoms.